The lowest BCUT2D eigenvalue weighted by atomic mass is 9.92. The Morgan fingerprint density at radius 1 is 1.32 bits per heavy atom. The van der Waals surface area contributed by atoms with Crippen molar-refractivity contribution in [3.8, 4) is 0 Å². The Hall–Kier alpha value is -1.55. The quantitative estimate of drug-likeness (QED) is 0.930. The van der Waals surface area contributed by atoms with Gasteiger partial charge in [0.05, 0.1) is 5.92 Å². The largest absolute Gasteiger partial charge is 0.369 e. The molecule has 22 heavy (non-hydrogen) atoms. The number of hydrogen-bond acceptors (Lipinski definition) is 2. The van der Waals surface area contributed by atoms with Crippen molar-refractivity contribution in [2.24, 2.45) is 17.6 Å². The number of amides is 2. The van der Waals surface area contributed by atoms with Gasteiger partial charge < -0.3 is 10.6 Å². The van der Waals surface area contributed by atoms with Crippen LogP contribution in [0.15, 0.2) is 24.3 Å². The first-order valence-electron chi connectivity index (χ1n) is 7.82. The zero-order valence-electron chi connectivity index (χ0n) is 12.7. The van der Waals surface area contributed by atoms with E-state index in [-0.39, 0.29) is 35.6 Å². The normalized spacial score (nSPS) is 30.9. The second-order valence-corrected chi connectivity index (χ2v) is 6.96. The van der Waals surface area contributed by atoms with E-state index in [9.17, 15) is 9.59 Å². The lowest BCUT2D eigenvalue weighted by Crippen LogP contribution is -2.49. The Balaban J connectivity index is 1.68. The molecule has 1 aliphatic heterocycles. The van der Waals surface area contributed by atoms with Gasteiger partial charge in [-0.2, -0.15) is 0 Å². The third-order valence-electron chi connectivity index (χ3n) is 4.95. The van der Waals surface area contributed by atoms with Crippen LogP contribution in [0.5, 0.6) is 0 Å². The van der Waals surface area contributed by atoms with Crippen LogP contribution in [-0.4, -0.2) is 29.3 Å². The van der Waals surface area contributed by atoms with E-state index in [0.717, 1.165) is 24.8 Å². The fraction of sp³-hybridized carbons (Fsp3) is 0.529. The number of carbonyl (C=O) groups is 2. The molecule has 0 radical (unpaired) electrons. The second-order valence-electron chi connectivity index (χ2n) is 6.52. The van der Waals surface area contributed by atoms with Gasteiger partial charge in [-0.05, 0) is 49.8 Å². The maximum absolute atomic E-state index is 12.7. The van der Waals surface area contributed by atoms with Crippen molar-refractivity contribution >= 4 is 23.4 Å². The van der Waals surface area contributed by atoms with Gasteiger partial charge in [-0.1, -0.05) is 23.7 Å². The van der Waals surface area contributed by atoms with E-state index in [1.165, 1.54) is 0 Å². The zero-order valence-corrected chi connectivity index (χ0v) is 13.4. The van der Waals surface area contributed by atoms with Crippen LogP contribution in [0.2, 0.25) is 5.02 Å². The van der Waals surface area contributed by atoms with Crippen molar-refractivity contribution in [3.05, 3.63) is 34.9 Å². The van der Waals surface area contributed by atoms with Gasteiger partial charge >= 0.3 is 0 Å². The number of carbonyl (C=O) groups excluding carboxylic acids is 2. The number of hydrogen-bond donors (Lipinski definition) is 1. The maximum Gasteiger partial charge on any atom is 0.226 e. The van der Waals surface area contributed by atoms with Gasteiger partial charge in [0.1, 0.15) is 0 Å². The van der Waals surface area contributed by atoms with Gasteiger partial charge in [0.15, 0.2) is 0 Å². The summed E-state index contributed by atoms with van der Waals surface area (Å²) in [5, 5.41) is 0.704. The topological polar surface area (TPSA) is 63.4 Å². The lowest BCUT2D eigenvalue weighted by Gasteiger charge is -2.37. The first-order chi connectivity index (χ1) is 10.5. The van der Waals surface area contributed by atoms with Gasteiger partial charge in [-0.3, -0.25) is 9.59 Å². The Labute approximate surface area is 135 Å². The highest BCUT2D eigenvalue weighted by molar-refractivity contribution is 6.30. The summed E-state index contributed by atoms with van der Waals surface area (Å²) in [6, 6.07) is 7.91. The molecule has 5 heteroatoms. The van der Waals surface area contributed by atoms with Gasteiger partial charge in [0, 0.05) is 23.5 Å². The summed E-state index contributed by atoms with van der Waals surface area (Å²) in [5.41, 5.74) is 6.54. The van der Waals surface area contributed by atoms with Gasteiger partial charge in [0.25, 0.3) is 0 Å². The van der Waals surface area contributed by atoms with Crippen LogP contribution in [0.4, 0.5) is 0 Å². The predicted octanol–water partition coefficient (Wildman–Crippen LogP) is 2.56. The molecule has 4 atom stereocenters. The summed E-state index contributed by atoms with van der Waals surface area (Å²) in [6.07, 6.45) is 2.49. The molecule has 1 saturated heterocycles. The van der Waals surface area contributed by atoms with Crippen molar-refractivity contribution in [1.29, 1.82) is 0 Å². The Kier molecular flexibility index (Phi) is 4.13. The van der Waals surface area contributed by atoms with E-state index < -0.39 is 0 Å². The molecule has 1 heterocycles. The number of rotatable bonds is 3. The fourth-order valence-electron chi connectivity index (χ4n) is 3.43. The second kappa shape index (κ2) is 5.92. The summed E-state index contributed by atoms with van der Waals surface area (Å²) in [7, 11) is 0. The summed E-state index contributed by atoms with van der Waals surface area (Å²) in [4.78, 5) is 26.0. The minimum Gasteiger partial charge on any atom is -0.369 e. The molecule has 0 bridgehead atoms. The monoisotopic (exact) mass is 320 g/mol. The zero-order chi connectivity index (χ0) is 15.9. The van der Waals surface area contributed by atoms with Crippen LogP contribution in [0.3, 0.4) is 0 Å². The lowest BCUT2D eigenvalue weighted by molar-refractivity contribution is -0.138. The highest BCUT2D eigenvalue weighted by Gasteiger charge is 2.47. The van der Waals surface area contributed by atoms with E-state index in [0.29, 0.717) is 11.6 Å². The minimum absolute atomic E-state index is 0.0209. The van der Waals surface area contributed by atoms with Gasteiger partial charge in [-0.25, -0.2) is 0 Å². The predicted molar refractivity (Wildman–Crippen MR) is 85.4 cm³/mol. The minimum atomic E-state index is -0.299. The maximum atomic E-state index is 12.7. The SMILES string of the molecule is C[C@@H]1CC[C@H](C(N)=O)CN1C(=O)[C@@H]1C[C@H]1c1cccc(Cl)c1. The first kappa shape index (κ1) is 15.3. The molecule has 1 aromatic rings. The van der Waals surface area contributed by atoms with E-state index in [4.69, 9.17) is 17.3 Å². The molecule has 2 N–H and O–H groups in total. The average Bonchev–Trinajstić information content (AvgIpc) is 3.27. The molecule has 118 valence electrons. The summed E-state index contributed by atoms with van der Waals surface area (Å²) in [6.45, 7) is 2.51. The van der Waals surface area contributed by atoms with Crippen LogP contribution in [0.1, 0.15) is 37.7 Å². The van der Waals surface area contributed by atoms with Gasteiger partial charge in [-0.15, -0.1) is 0 Å². The highest BCUT2D eigenvalue weighted by Crippen LogP contribution is 2.49. The third-order valence-corrected chi connectivity index (χ3v) is 5.19. The van der Waals surface area contributed by atoms with Crippen LogP contribution < -0.4 is 5.73 Å². The number of nitrogens with two attached hydrogens (primary N) is 1. The molecule has 2 fully saturated rings. The fourth-order valence-corrected chi connectivity index (χ4v) is 3.63. The molecule has 0 spiro atoms. The third kappa shape index (κ3) is 2.98. The summed E-state index contributed by atoms with van der Waals surface area (Å²) < 4.78 is 0. The molecule has 0 unspecified atom stereocenters. The van der Waals surface area contributed by atoms with Crippen molar-refractivity contribution in [2.45, 2.75) is 38.1 Å². The smallest absolute Gasteiger partial charge is 0.226 e. The number of halogens is 1. The molecule has 1 aliphatic carbocycles. The molecule has 2 amide bonds. The molecule has 3 rings (SSSR count). The van der Waals surface area contributed by atoms with E-state index in [1.807, 2.05) is 36.1 Å². The van der Waals surface area contributed by atoms with E-state index >= 15 is 0 Å². The number of likely N-dealkylation sites (tertiary alicyclic amines) is 1. The number of piperidine rings is 1. The van der Waals surface area contributed by atoms with E-state index in [2.05, 4.69) is 0 Å². The van der Waals surface area contributed by atoms with Crippen molar-refractivity contribution in [3.63, 3.8) is 0 Å². The first-order valence-corrected chi connectivity index (χ1v) is 8.20. The van der Waals surface area contributed by atoms with Crippen LogP contribution >= 0.6 is 11.6 Å². The standard InChI is InChI=1S/C17H21ClN2O2/c1-10-5-6-12(16(19)21)9-20(10)17(22)15-8-14(15)11-3-2-4-13(18)7-11/h2-4,7,10,12,14-15H,5-6,8-9H2,1H3,(H2,19,21)/t10-,12+,14+,15-/m1/s1. The number of nitrogens with zero attached hydrogens (tertiary/aromatic N) is 1. The van der Waals surface area contributed by atoms with Crippen LogP contribution in [0, 0.1) is 11.8 Å². The Morgan fingerprint density at radius 3 is 2.77 bits per heavy atom. The number of primary amides is 1. The van der Waals surface area contributed by atoms with Crippen LogP contribution in [-0.2, 0) is 9.59 Å². The molecule has 0 aromatic heterocycles. The molecule has 1 saturated carbocycles. The van der Waals surface area contributed by atoms with Crippen LogP contribution in [0.25, 0.3) is 0 Å². The molecular formula is C17H21ClN2O2. The molecule has 4 nitrogen and oxygen atoms in total. The van der Waals surface area contributed by atoms with E-state index in [1.54, 1.807) is 0 Å². The summed E-state index contributed by atoms with van der Waals surface area (Å²) >= 11 is 6.02. The Bertz CT molecular complexity index is 604. The summed E-state index contributed by atoms with van der Waals surface area (Å²) in [5.74, 6) is -0.0706. The Morgan fingerprint density at radius 2 is 2.09 bits per heavy atom. The molecule has 2 aliphatic rings. The van der Waals surface area contributed by atoms with Crippen molar-refractivity contribution in [1.82, 2.24) is 4.90 Å². The van der Waals surface area contributed by atoms with Gasteiger partial charge in [0.2, 0.25) is 11.8 Å². The molecular weight excluding hydrogens is 300 g/mol. The average molecular weight is 321 g/mol. The molecule has 1 aromatic carbocycles. The van der Waals surface area contributed by atoms with Crippen molar-refractivity contribution < 1.29 is 9.59 Å². The highest BCUT2D eigenvalue weighted by atomic mass is 35.5. The van der Waals surface area contributed by atoms with Crippen molar-refractivity contribution in [2.75, 3.05) is 6.54 Å². The number of benzene rings is 1.